The third-order valence-corrected chi connectivity index (χ3v) is 3.25. The number of nitrogens with two attached hydrogens (primary N) is 1. The molecule has 0 atom stereocenters. The number of anilines is 1. The summed E-state index contributed by atoms with van der Waals surface area (Å²) in [4.78, 5) is 0. The van der Waals surface area contributed by atoms with Gasteiger partial charge in [-0.3, -0.25) is 5.10 Å². The lowest BCUT2D eigenvalue weighted by Crippen LogP contribution is -1.98. The minimum atomic E-state index is 0.0739. The Hall–Kier alpha value is -2.89. The van der Waals surface area contributed by atoms with E-state index in [0.717, 1.165) is 16.7 Å². The molecule has 0 saturated heterocycles. The maximum Gasteiger partial charge on any atom is 0.127 e. The number of nitrogens with zero attached hydrogens (tertiary/aromatic N) is 3. The Bertz CT molecular complexity index is 738. The average molecular weight is 267 g/mol. The molecular formula is C14H13N5O. The van der Waals surface area contributed by atoms with Crippen molar-refractivity contribution in [1.82, 2.24) is 20.4 Å². The Morgan fingerprint density at radius 3 is 2.85 bits per heavy atom. The number of benzene rings is 1. The van der Waals surface area contributed by atoms with Gasteiger partial charge in [0, 0.05) is 23.6 Å². The lowest BCUT2D eigenvalue weighted by atomic mass is 9.96. The van der Waals surface area contributed by atoms with E-state index in [1.54, 1.807) is 36.8 Å². The number of aromatic nitrogens is 4. The van der Waals surface area contributed by atoms with Gasteiger partial charge in [0.25, 0.3) is 0 Å². The van der Waals surface area contributed by atoms with Crippen molar-refractivity contribution in [3.63, 3.8) is 0 Å². The summed E-state index contributed by atoms with van der Waals surface area (Å²) in [6.45, 7) is 1.90. The van der Waals surface area contributed by atoms with Crippen molar-refractivity contribution >= 4 is 5.69 Å². The van der Waals surface area contributed by atoms with Crippen molar-refractivity contribution in [2.75, 3.05) is 5.73 Å². The van der Waals surface area contributed by atoms with Crippen molar-refractivity contribution < 1.29 is 5.11 Å². The fourth-order valence-electron chi connectivity index (χ4n) is 2.19. The van der Waals surface area contributed by atoms with E-state index >= 15 is 0 Å². The van der Waals surface area contributed by atoms with Crippen LogP contribution in [-0.4, -0.2) is 25.5 Å². The first kappa shape index (κ1) is 12.2. The van der Waals surface area contributed by atoms with E-state index in [0.29, 0.717) is 16.9 Å². The highest BCUT2D eigenvalue weighted by Crippen LogP contribution is 2.40. The van der Waals surface area contributed by atoms with Crippen LogP contribution in [0.5, 0.6) is 5.75 Å². The average Bonchev–Trinajstić information content (AvgIpc) is 2.98. The van der Waals surface area contributed by atoms with Gasteiger partial charge in [0.05, 0.1) is 17.5 Å². The monoisotopic (exact) mass is 267 g/mol. The number of aromatic hydroxyl groups is 1. The third-order valence-electron chi connectivity index (χ3n) is 3.25. The molecule has 2 aromatic heterocycles. The lowest BCUT2D eigenvalue weighted by Gasteiger charge is -2.13. The van der Waals surface area contributed by atoms with Gasteiger partial charge in [-0.15, -0.1) is 0 Å². The number of phenols is 1. The van der Waals surface area contributed by atoms with Crippen LogP contribution < -0.4 is 5.73 Å². The van der Waals surface area contributed by atoms with E-state index in [9.17, 15) is 5.11 Å². The maximum atomic E-state index is 10.3. The number of hydrogen-bond acceptors (Lipinski definition) is 5. The number of nitrogens with one attached hydrogen (secondary N) is 1. The molecule has 0 amide bonds. The highest BCUT2D eigenvalue weighted by atomic mass is 16.3. The molecule has 0 saturated carbocycles. The Morgan fingerprint density at radius 2 is 2.20 bits per heavy atom. The SMILES string of the molecule is Cc1c(-c2cn[nH]c2)cc(O)c(-c2cccnn2)c1N. The third kappa shape index (κ3) is 1.87. The number of phenolic OH excluding ortho intramolecular Hbond substituents is 1. The van der Waals surface area contributed by atoms with Gasteiger partial charge in [-0.25, -0.2) is 0 Å². The number of H-pyrrole nitrogens is 1. The first-order valence-corrected chi connectivity index (χ1v) is 6.07. The zero-order chi connectivity index (χ0) is 14.1. The molecule has 0 aliphatic heterocycles. The molecule has 0 aliphatic carbocycles. The van der Waals surface area contributed by atoms with Gasteiger partial charge in [0.15, 0.2) is 0 Å². The van der Waals surface area contributed by atoms with Crippen LogP contribution in [0.15, 0.2) is 36.8 Å². The summed E-state index contributed by atoms with van der Waals surface area (Å²) < 4.78 is 0. The zero-order valence-electron chi connectivity index (χ0n) is 10.8. The van der Waals surface area contributed by atoms with Crippen molar-refractivity contribution in [3.8, 4) is 28.1 Å². The number of hydrogen-bond donors (Lipinski definition) is 3. The molecule has 0 unspecified atom stereocenters. The second kappa shape index (κ2) is 4.65. The van der Waals surface area contributed by atoms with Crippen LogP contribution in [0.4, 0.5) is 5.69 Å². The van der Waals surface area contributed by atoms with Crippen LogP contribution in [0, 0.1) is 6.92 Å². The van der Waals surface area contributed by atoms with Gasteiger partial charge in [0.2, 0.25) is 0 Å². The van der Waals surface area contributed by atoms with Crippen molar-refractivity contribution in [1.29, 1.82) is 0 Å². The van der Waals surface area contributed by atoms with E-state index in [4.69, 9.17) is 5.73 Å². The van der Waals surface area contributed by atoms with Crippen molar-refractivity contribution in [3.05, 3.63) is 42.4 Å². The minimum absolute atomic E-state index is 0.0739. The summed E-state index contributed by atoms with van der Waals surface area (Å²) >= 11 is 0. The van der Waals surface area contributed by atoms with Gasteiger partial charge in [-0.1, -0.05) is 0 Å². The Balaban J connectivity index is 2.23. The fourth-order valence-corrected chi connectivity index (χ4v) is 2.19. The van der Waals surface area contributed by atoms with Crippen molar-refractivity contribution in [2.24, 2.45) is 0 Å². The van der Waals surface area contributed by atoms with Crippen LogP contribution in [-0.2, 0) is 0 Å². The molecule has 1 aromatic carbocycles. The predicted molar refractivity (Wildman–Crippen MR) is 75.9 cm³/mol. The van der Waals surface area contributed by atoms with E-state index in [-0.39, 0.29) is 5.75 Å². The second-order valence-corrected chi connectivity index (χ2v) is 4.45. The summed E-state index contributed by atoms with van der Waals surface area (Å²) in [6, 6.07) is 5.18. The Kier molecular flexibility index (Phi) is 2.83. The molecule has 0 spiro atoms. The largest absolute Gasteiger partial charge is 0.507 e. The molecule has 0 fully saturated rings. The molecule has 3 rings (SSSR count). The van der Waals surface area contributed by atoms with E-state index in [2.05, 4.69) is 20.4 Å². The summed E-state index contributed by atoms with van der Waals surface area (Å²) in [5.41, 5.74) is 10.3. The molecule has 0 bridgehead atoms. The molecule has 6 nitrogen and oxygen atoms in total. The molecule has 3 aromatic rings. The number of rotatable bonds is 2. The highest BCUT2D eigenvalue weighted by molar-refractivity contribution is 5.87. The molecule has 4 N–H and O–H groups in total. The molecule has 0 aliphatic rings. The normalized spacial score (nSPS) is 10.7. The molecule has 0 radical (unpaired) electrons. The molecule has 2 heterocycles. The van der Waals surface area contributed by atoms with Crippen LogP contribution >= 0.6 is 0 Å². The van der Waals surface area contributed by atoms with E-state index in [1.807, 2.05) is 6.92 Å². The molecular weight excluding hydrogens is 254 g/mol. The predicted octanol–water partition coefficient (Wildman–Crippen LogP) is 2.13. The van der Waals surface area contributed by atoms with Gasteiger partial charge >= 0.3 is 0 Å². The zero-order valence-corrected chi connectivity index (χ0v) is 10.8. The van der Waals surface area contributed by atoms with Crippen LogP contribution in [0.25, 0.3) is 22.4 Å². The van der Waals surface area contributed by atoms with Gasteiger partial charge < -0.3 is 10.8 Å². The van der Waals surface area contributed by atoms with E-state index < -0.39 is 0 Å². The highest BCUT2D eigenvalue weighted by Gasteiger charge is 2.17. The number of aromatic amines is 1. The lowest BCUT2D eigenvalue weighted by molar-refractivity contribution is 0.477. The second-order valence-electron chi connectivity index (χ2n) is 4.45. The summed E-state index contributed by atoms with van der Waals surface area (Å²) in [5, 5.41) is 24.7. The van der Waals surface area contributed by atoms with Crippen molar-refractivity contribution in [2.45, 2.75) is 6.92 Å². The maximum absolute atomic E-state index is 10.3. The Morgan fingerprint density at radius 1 is 1.35 bits per heavy atom. The fraction of sp³-hybridized carbons (Fsp3) is 0.0714. The number of nitrogen functional groups attached to an aromatic ring is 1. The summed E-state index contributed by atoms with van der Waals surface area (Å²) in [7, 11) is 0. The summed E-state index contributed by atoms with van der Waals surface area (Å²) in [5.74, 6) is 0.0739. The van der Waals surface area contributed by atoms with Gasteiger partial charge in [0.1, 0.15) is 5.75 Å². The smallest absolute Gasteiger partial charge is 0.127 e. The van der Waals surface area contributed by atoms with Gasteiger partial charge in [-0.2, -0.15) is 15.3 Å². The van der Waals surface area contributed by atoms with Crippen LogP contribution in [0.1, 0.15) is 5.56 Å². The first-order chi connectivity index (χ1) is 9.68. The minimum Gasteiger partial charge on any atom is -0.507 e. The van der Waals surface area contributed by atoms with E-state index in [1.165, 1.54) is 0 Å². The quantitative estimate of drug-likeness (QED) is 0.617. The van der Waals surface area contributed by atoms with Crippen LogP contribution in [0.2, 0.25) is 0 Å². The standard InChI is InChI=1S/C14H13N5O/c1-8-10(9-6-17-18-7-9)5-12(20)13(14(8)15)11-3-2-4-16-19-11/h2-7,20H,15H2,1H3,(H,17,18). The topological polar surface area (TPSA) is 101 Å². The molecule has 6 heteroatoms. The Labute approximate surface area is 115 Å². The molecule has 100 valence electrons. The molecule has 20 heavy (non-hydrogen) atoms. The van der Waals surface area contributed by atoms with Gasteiger partial charge in [-0.05, 0) is 36.2 Å². The summed E-state index contributed by atoms with van der Waals surface area (Å²) in [6.07, 6.45) is 5.01. The first-order valence-electron chi connectivity index (χ1n) is 6.07. The van der Waals surface area contributed by atoms with Crippen LogP contribution in [0.3, 0.4) is 0 Å².